The number of carbonyl (C=O) groups excluding carboxylic acids is 2. The Kier molecular flexibility index (Phi) is 6.44. The second kappa shape index (κ2) is 8.00. The van der Waals surface area contributed by atoms with Gasteiger partial charge in [-0.25, -0.2) is 0 Å². The molecule has 3 atom stereocenters. The van der Waals surface area contributed by atoms with Gasteiger partial charge in [0.2, 0.25) is 5.91 Å². The Morgan fingerprint density at radius 1 is 1.36 bits per heavy atom. The van der Waals surface area contributed by atoms with Crippen molar-refractivity contribution in [2.24, 2.45) is 5.41 Å². The Morgan fingerprint density at radius 2 is 2.00 bits per heavy atom. The molecule has 3 unspecified atom stereocenters. The van der Waals surface area contributed by atoms with Gasteiger partial charge in [-0.1, -0.05) is 51.4 Å². The molecule has 0 saturated carbocycles. The maximum absolute atomic E-state index is 13.2. The fourth-order valence-electron chi connectivity index (χ4n) is 2.84. The first-order chi connectivity index (χ1) is 11.7. The summed E-state index contributed by atoms with van der Waals surface area (Å²) in [5.41, 5.74) is 0.301. The van der Waals surface area contributed by atoms with E-state index in [2.05, 4.69) is 26.1 Å². The Labute approximate surface area is 159 Å². The largest absolute Gasteiger partial charge is 0.352 e. The molecule has 1 fully saturated rings. The van der Waals surface area contributed by atoms with Gasteiger partial charge in [-0.05, 0) is 30.9 Å². The summed E-state index contributed by atoms with van der Waals surface area (Å²) in [4.78, 5) is 27.7. The van der Waals surface area contributed by atoms with Gasteiger partial charge in [-0.3, -0.25) is 9.59 Å². The van der Waals surface area contributed by atoms with Crippen LogP contribution < -0.4 is 5.32 Å². The van der Waals surface area contributed by atoms with Crippen molar-refractivity contribution in [1.82, 2.24) is 10.2 Å². The molecule has 0 spiro atoms. The monoisotopic (exact) mass is 382 g/mol. The lowest BCUT2D eigenvalue weighted by Crippen LogP contribution is -2.53. The van der Waals surface area contributed by atoms with Crippen LogP contribution in [0.15, 0.2) is 24.3 Å². The lowest BCUT2D eigenvalue weighted by molar-refractivity contribution is -0.125. The van der Waals surface area contributed by atoms with Gasteiger partial charge in [-0.15, -0.1) is 11.8 Å². The number of rotatable bonds is 4. The highest BCUT2D eigenvalue weighted by Gasteiger charge is 2.46. The van der Waals surface area contributed by atoms with Crippen molar-refractivity contribution in [3.8, 4) is 0 Å². The van der Waals surface area contributed by atoms with E-state index in [1.165, 1.54) is 0 Å². The van der Waals surface area contributed by atoms with E-state index < -0.39 is 6.04 Å². The third kappa shape index (κ3) is 4.50. The predicted octanol–water partition coefficient (Wildman–Crippen LogP) is 4.18. The van der Waals surface area contributed by atoms with Gasteiger partial charge in [0.05, 0.1) is 16.0 Å². The van der Waals surface area contributed by atoms with E-state index in [-0.39, 0.29) is 28.6 Å². The smallest absolute Gasteiger partial charge is 0.256 e. The first-order valence-electron chi connectivity index (χ1n) is 8.66. The molecule has 0 aromatic heterocycles. The quantitative estimate of drug-likeness (QED) is 0.849. The van der Waals surface area contributed by atoms with Crippen LogP contribution in [0.5, 0.6) is 0 Å². The van der Waals surface area contributed by atoms with E-state index in [4.69, 9.17) is 11.6 Å². The van der Waals surface area contributed by atoms with E-state index in [9.17, 15) is 9.59 Å². The van der Waals surface area contributed by atoms with E-state index in [1.54, 1.807) is 40.9 Å². The first kappa shape index (κ1) is 20.1. The molecule has 1 aromatic rings. The van der Waals surface area contributed by atoms with E-state index in [1.807, 2.05) is 13.8 Å². The summed E-state index contributed by atoms with van der Waals surface area (Å²) in [5, 5.41) is 3.35. The lowest BCUT2D eigenvalue weighted by atomic mass is 9.94. The Morgan fingerprint density at radius 3 is 2.56 bits per heavy atom. The molecule has 1 aliphatic rings. The van der Waals surface area contributed by atoms with Crippen LogP contribution in [-0.2, 0) is 4.79 Å². The molecule has 138 valence electrons. The number of halogens is 1. The van der Waals surface area contributed by atoms with Crippen molar-refractivity contribution in [2.75, 3.05) is 5.75 Å². The number of amides is 2. The molecule has 0 aliphatic carbocycles. The second-order valence-corrected chi connectivity index (χ2v) is 9.10. The summed E-state index contributed by atoms with van der Waals surface area (Å²) in [6, 6.07) is 6.62. The molecular formula is C19H27ClN2O2S. The second-order valence-electron chi connectivity index (χ2n) is 7.58. The van der Waals surface area contributed by atoms with Crippen LogP contribution in [0.25, 0.3) is 0 Å². The molecule has 1 saturated heterocycles. The zero-order chi connectivity index (χ0) is 18.8. The van der Waals surface area contributed by atoms with Crippen LogP contribution in [0.1, 0.15) is 51.4 Å². The average molecular weight is 383 g/mol. The van der Waals surface area contributed by atoms with Gasteiger partial charge in [0, 0.05) is 11.8 Å². The van der Waals surface area contributed by atoms with Crippen molar-refractivity contribution in [1.29, 1.82) is 0 Å². The molecule has 0 bridgehead atoms. The standard InChI is InChI=1S/C19H27ClN2O2S/c1-6-12(2)21-16(23)15-11-25-18(19(3,4)5)22(15)17(24)13-9-7-8-10-14(13)20/h7-10,12,15,18H,6,11H2,1-5H3,(H,21,23). The van der Waals surface area contributed by atoms with Gasteiger partial charge >= 0.3 is 0 Å². The van der Waals surface area contributed by atoms with Gasteiger partial charge < -0.3 is 10.2 Å². The third-order valence-corrected chi connectivity index (χ3v) is 6.47. The molecule has 25 heavy (non-hydrogen) atoms. The third-order valence-electron chi connectivity index (χ3n) is 4.38. The molecule has 0 radical (unpaired) electrons. The first-order valence-corrected chi connectivity index (χ1v) is 10.1. The lowest BCUT2D eigenvalue weighted by Gasteiger charge is -2.36. The highest BCUT2D eigenvalue weighted by molar-refractivity contribution is 8.00. The van der Waals surface area contributed by atoms with Gasteiger partial charge in [-0.2, -0.15) is 0 Å². The maximum Gasteiger partial charge on any atom is 0.256 e. The topological polar surface area (TPSA) is 49.4 Å². The fraction of sp³-hybridized carbons (Fsp3) is 0.579. The van der Waals surface area contributed by atoms with E-state index >= 15 is 0 Å². The minimum Gasteiger partial charge on any atom is -0.352 e. The molecule has 2 amide bonds. The van der Waals surface area contributed by atoms with Crippen LogP contribution in [0.2, 0.25) is 5.02 Å². The molecule has 4 nitrogen and oxygen atoms in total. The van der Waals surface area contributed by atoms with Crippen molar-refractivity contribution in [2.45, 2.75) is 58.5 Å². The van der Waals surface area contributed by atoms with Crippen LogP contribution in [0.4, 0.5) is 0 Å². The Bertz CT molecular complexity index is 645. The van der Waals surface area contributed by atoms with Crippen molar-refractivity contribution < 1.29 is 9.59 Å². The van der Waals surface area contributed by atoms with Gasteiger partial charge in [0.1, 0.15) is 6.04 Å². The maximum atomic E-state index is 13.2. The fourth-order valence-corrected chi connectivity index (χ4v) is 4.63. The zero-order valence-electron chi connectivity index (χ0n) is 15.5. The number of nitrogens with one attached hydrogen (secondary N) is 1. The van der Waals surface area contributed by atoms with Crippen LogP contribution >= 0.6 is 23.4 Å². The van der Waals surface area contributed by atoms with E-state index in [0.29, 0.717) is 16.3 Å². The molecule has 1 heterocycles. The van der Waals surface area contributed by atoms with E-state index in [0.717, 1.165) is 6.42 Å². The summed E-state index contributed by atoms with van der Waals surface area (Å²) < 4.78 is 0. The number of hydrogen-bond acceptors (Lipinski definition) is 3. The highest BCUT2D eigenvalue weighted by atomic mass is 35.5. The molecule has 2 rings (SSSR count). The normalized spacial score (nSPS) is 21.9. The number of hydrogen-bond donors (Lipinski definition) is 1. The number of nitrogens with zero attached hydrogens (tertiary/aromatic N) is 1. The highest BCUT2D eigenvalue weighted by Crippen LogP contribution is 2.41. The summed E-state index contributed by atoms with van der Waals surface area (Å²) in [5.74, 6) is 0.328. The molecule has 1 aromatic carbocycles. The average Bonchev–Trinajstić information content (AvgIpc) is 2.99. The van der Waals surface area contributed by atoms with Crippen LogP contribution in [-0.4, -0.2) is 39.9 Å². The number of benzene rings is 1. The van der Waals surface area contributed by atoms with Crippen LogP contribution in [0.3, 0.4) is 0 Å². The molecule has 1 aliphatic heterocycles. The Balaban J connectivity index is 2.36. The minimum absolute atomic E-state index is 0.0797. The molecular weight excluding hydrogens is 356 g/mol. The Hall–Kier alpha value is -1.20. The summed E-state index contributed by atoms with van der Waals surface area (Å²) >= 11 is 7.90. The van der Waals surface area contributed by atoms with Crippen molar-refractivity contribution in [3.63, 3.8) is 0 Å². The number of thioether (sulfide) groups is 1. The predicted molar refractivity (Wildman–Crippen MR) is 105 cm³/mol. The van der Waals surface area contributed by atoms with Crippen molar-refractivity contribution in [3.05, 3.63) is 34.9 Å². The number of carbonyl (C=O) groups is 2. The minimum atomic E-state index is -0.480. The van der Waals surface area contributed by atoms with Crippen molar-refractivity contribution >= 4 is 35.2 Å². The van der Waals surface area contributed by atoms with Gasteiger partial charge in [0.25, 0.3) is 5.91 Å². The SMILES string of the molecule is CCC(C)NC(=O)C1CSC(C(C)(C)C)N1C(=O)c1ccccc1Cl. The molecule has 6 heteroatoms. The zero-order valence-corrected chi connectivity index (χ0v) is 17.1. The summed E-state index contributed by atoms with van der Waals surface area (Å²) in [6.07, 6.45) is 0.854. The van der Waals surface area contributed by atoms with Crippen LogP contribution in [0, 0.1) is 5.41 Å². The molecule has 1 N–H and O–H groups in total. The van der Waals surface area contributed by atoms with Gasteiger partial charge in [0.15, 0.2) is 0 Å². The summed E-state index contributed by atoms with van der Waals surface area (Å²) in [7, 11) is 0. The summed E-state index contributed by atoms with van der Waals surface area (Å²) in [6.45, 7) is 10.3.